The molecule has 10 heavy (non-hydrogen) atoms. The smallest absolute Gasteiger partial charge is 0.269 e. The second-order valence-electron chi connectivity index (χ2n) is 2.42. The normalized spacial score (nSPS) is 10.1. The predicted molar refractivity (Wildman–Crippen MR) is 39.8 cm³/mol. The Morgan fingerprint density at radius 2 is 2.50 bits per heavy atom. The van der Waals surface area contributed by atoms with Crippen LogP contribution < -0.4 is 10.5 Å². The molecule has 56 valence electrons. The Hall–Kier alpha value is -0.990. The Kier molecular flexibility index (Phi) is 2.31. The summed E-state index contributed by atoms with van der Waals surface area (Å²) < 4.78 is 1.63. The Balaban J connectivity index is 2.49. The van der Waals surface area contributed by atoms with Crippen LogP contribution in [0.2, 0.25) is 0 Å². The number of hydrogen-bond donors (Lipinski definition) is 2. The lowest BCUT2D eigenvalue weighted by Crippen LogP contribution is -2.46. The van der Waals surface area contributed by atoms with Crippen molar-refractivity contribution in [1.82, 2.24) is 4.98 Å². The third-order valence-electron chi connectivity index (χ3n) is 1.56. The Labute approximate surface area is 60.8 Å². The van der Waals surface area contributed by atoms with Crippen molar-refractivity contribution in [3.63, 3.8) is 0 Å². The maximum absolute atomic E-state index is 5.57. The SMILES string of the molecule is CCCCc1[nH]cc[n+]1N. The van der Waals surface area contributed by atoms with Gasteiger partial charge < -0.3 is 0 Å². The van der Waals surface area contributed by atoms with Gasteiger partial charge in [-0.05, 0) is 6.42 Å². The van der Waals surface area contributed by atoms with Crippen molar-refractivity contribution in [1.29, 1.82) is 0 Å². The molecule has 0 aliphatic rings. The van der Waals surface area contributed by atoms with Crippen LogP contribution in [0, 0.1) is 0 Å². The molecule has 3 heteroatoms. The molecule has 0 unspecified atom stereocenters. The summed E-state index contributed by atoms with van der Waals surface area (Å²) in [7, 11) is 0. The van der Waals surface area contributed by atoms with E-state index in [2.05, 4.69) is 11.9 Å². The van der Waals surface area contributed by atoms with Gasteiger partial charge in [-0.25, -0.2) is 4.98 Å². The monoisotopic (exact) mass is 140 g/mol. The first-order valence-corrected chi connectivity index (χ1v) is 3.67. The molecule has 0 aliphatic heterocycles. The van der Waals surface area contributed by atoms with Crippen molar-refractivity contribution >= 4 is 0 Å². The van der Waals surface area contributed by atoms with Gasteiger partial charge in [-0.1, -0.05) is 13.3 Å². The number of H-pyrrole nitrogens is 1. The van der Waals surface area contributed by atoms with Gasteiger partial charge >= 0.3 is 0 Å². The van der Waals surface area contributed by atoms with Crippen LogP contribution in [0.3, 0.4) is 0 Å². The number of aryl methyl sites for hydroxylation is 1. The Morgan fingerprint density at radius 3 is 3.00 bits per heavy atom. The first-order valence-electron chi connectivity index (χ1n) is 3.67. The third-order valence-corrected chi connectivity index (χ3v) is 1.56. The zero-order valence-corrected chi connectivity index (χ0v) is 6.30. The molecule has 1 aromatic heterocycles. The number of aromatic nitrogens is 2. The number of unbranched alkanes of at least 4 members (excludes halogenated alkanes) is 1. The van der Waals surface area contributed by atoms with E-state index >= 15 is 0 Å². The van der Waals surface area contributed by atoms with Gasteiger partial charge in [0.1, 0.15) is 6.20 Å². The number of nitrogens with two attached hydrogens (primary N) is 1. The lowest BCUT2D eigenvalue weighted by Gasteiger charge is -1.90. The Bertz CT molecular complexity index is 192. The molecule has 0 spiro atoms. The van der Waals surface area contributed by atoms with E-state index in [1.807, 2.05) is 12.4 Å². The van der Waals surface area contributed by atoms with Gasteiger partial charge in [-0.15, -0.1) is 4.68 Å². The molecule has 1 aromatic rings. The first-order chi connectivity index (χ1) is 4.84. The minimum Gasteiger partial charge on any atom is -0.269 e. The third kappa shape index (κ3) is 1.50. The van der Waals surface area contributed by atoms with E-state index < -0.39 is 0 Å². The van der Waals surface area contributed by atoms with Crippen molar-refractivity contribution in [3.05, 3.63) is 18.2 Å². The minimum absolute atomic E-state index is 1.04. The predicted octanol–water partition coefficient (Wildman–Crippen LogP) is 0.359. The molecule has 0 saturated heterocycles. The molecule has 1 rings (SSSR count). The van der Waals surface area contributed by atoms with E-state index in [4.69, 9.17) is 5.84 Å². The standard InChI is InChI=1S/C7H13N3/c1-2-3-4-7-9-5-6-10(7)8/h5-6H,2-4,8H2,1H3/p+1. The van der Waals surface area contributed by atoms with Crippen LogP contribution in [0.15, 0.2) is 12.4 Å². The maximum atomic E-state index is 5.57. The van der Waals surface area contributed by atoms with Crippen LogP contribution >= 0.6 is 0 Å². The quantitative estimate of drug-likeness (QED) is 0.462. The highest BCUT2D eigenvalue weighted by Gasteiger charge is 2.04. The van der Waals surface area contributed by atoms with Crippen LogP contribution in [-0.4, -0.2) is 4.98 Å². The van der Waals surface area contributed by atoms with Gasteiger partial charge in [0.15, 0.2) is 6.20 Å². The summed E-state index contributed by atoms with van der Waals surface area (Å²) in [5.41, 5.74) is 0. The lowest BCUT2D eigenvalue weighted by molar-refractivity contribution is -0.645. The summed E-state index contributed by atoms with van der Waals surface area (Å²) in [5.74, 6) is 6.67. The molecule has 0 atom stereocenters. The van der Waals surface area contributed by atoms with Crippen molar-refractivity contribution < 1.29 is 4.68 Å². The fourth-order valence-electron chi connectivity index (χ4n) is 0.924. The minimum atomic E-state index is 1.04. The van der Waals surface area contributed by atoms with Gasteiger partial charge in [-0.3, -0.25) is 5.84 Å². The van der Waals surface area contributed by atoms with Gasteiger partial charge in [-0.2, -0.15) is 0 Å². The van der Waals surface area contributed by atoms with Crippen LogP contribution in [0.1, 0.15) is 25.6 Å². The molecule has 3 N–H and O–H groups in total. The number of hydrogen-bond acceptors (Lipinski definition) is 1. The summed E-state index contributed by atoms with van der Waals surface area (Å²) in [6, 6.07) is 0. The summed E-state index contributed by atoms with van der Waals surface area (Å²) in [6.07, 6.45) is 7.12. The average Bonchev–Trinajstić information content (AvgIpc) is 2.31. The molecular weight excluding hydrogens is 126 g/mol. The number of rotatable bonds is 3. The average molecular weight is 140 g/mol. The number of imidazole rings is 1. The van der Waals surface area contributed by atoms with Crippen LogP contribution in [0.5, 0.6) is 0 Å². The highest BCUT2D eigenvalue weighted by atomic mass is 15.3. The molecule has 0 fully saturated rings. The van der Waals surface area contributed by atoms with E-state index in [9.17, 15) is 0 Å². The molecule has 0 aromatic carbocycles. The van der Waals surface area contributed by atoms with Crippen molar-refractivity contribution in [3.8, 4) is 0 Å². The largest absolute Gasteiger partial charge is 0.277 e. The fraction of sp³-hybridized carbons (Fsp3) is 0.571. The number of aromatic amines is 1. The molecule has 0 saturated carbocycles. The van der Waals surface area contributed by atoms with Gasteiger partial charge in [0.2, 0.25) is 0 Å². The highest BCUT2D eigenvalue weighted by molar-refractivity contribution is 4.76. The molecule has 0 radical (unpaired) electrons. The van der Waals surface area contributed by atoms with Crippen LogP contribution in [0.25, 0.3) is 0 Å². The van der Waals surface area contributed by atoms with Gasteiger partial charge in [0.25, 0.3) is 5.82 Å². The second kappa shape index (κ2) is 3.25. The molecule has 1 heterocycles. The van der Waals surface area contributed by atoms with E-state index in [-0.39, 0.29) is 0 Å². The highest BCUT2D eigenvalue weighted by Crippen LogP contribution is 1.94. The summed E-state index contributed by atoms with van der Waals surface area (Å²) in [5, 5.41) is 0. The number of nitrogen functional groups attached to an aromatic ring is 1. The van der Waals surface area contributed by atoms with E-state index in [0.29, 0.717) is 0 Å². The molecule has 3 nitrogen and oxygen atoms in total. The summed E-state index contributed by atoms with van der Waals surface area (Å²) in [4.78, 5) is 3.08. The lowest BCUT2D eigenvalue weighted by atomic mass is 10.2. The van der Waals surface area contributed by atoms with E-state index in [1.54, 1.807) is 4.68 Å². The van der Waals surface area contributed by atoms with E-state index in [0.717, 1.165) is 12.2 Å². The molecule has 0 bridgehead atoms. The van der Waals surface area contributed by atoms with Gasteiger partial charge in [0, 0.05) is 0 Å². The summed E-state index contributed by atoms with van der Waals surface area (Å²) in [6.45, 7) is 2.17. The van der Waals surface area contributed by atoms with Gasteiger partial charge in [0.05, 0.1) is 6.42 Å². The number of nitrogens with zero attached hydrogens (tertiary/aromatic N) is 1. The van der Waals surface area contributed by atoms with Crippen molar-refractivity contribution in [2.75, 3.05) is 5.84 Å². The van der Waals surface area contributed by atoms with Crippen molar-refractivity contribution in [2.24, 2.45) is 0 Å². The summed E-state index contributed by atoms with van der Waals surface area (Å²) >= 11 is 0. The topological polar surface area (TPSA) is 45.7 Å². The van der Waals surface area contributed by atoms with Crippen LogP contribution in [-0.2, 0) is 6.42 Å². The number of nitrogens with one attached hydrogen (secondary N) is 1. The Morgan fingerprint density at radius 1 is 1.70 bits per heavy atom. The molecule has 0 aliphatic carbocycles. The maximum Gasteiger partial charge on any atom is 0.277 e. The van der Waals surface area contributed by atoms with E-state index in [1.165, 1.54) is 12.8 Å². The van der Waals surface area contributed by atoms with Crippen LogP contribution in [0.4, 0.5) is 0 Å². The molecule has 0 amide bonds. The zero-order valence-electron chi connectivity index (χ0n) is 6.30. The van der Waals surface area contributed by atoms with Crippen molar-refractivity contribution in [2.45, 2.75) is 26.2 Å². The fourth-order valence-corrected chi connectivity index (χ4v) is 0.924. The second-order valence-corrected chi connectivity index (χ2v) is 2.42. The zero-order chi connectivity index (χ0) is 7.40. The molecular formula is C7H14N3+. The first kappa shape index (κ1) is 7.12.